The van der Waals surface area contributed by atoms with Gasteiger partial charge in [-0.25, -0.2) is 0 Å². The van der Waals surface area contributed by atoms with E-state index in [1.807, 2.05) is 11.3 Å². The van der Waals surface area contributed by atoms with Gasteiger partial charge in [0.05, 0.1) is 3.79 Å². The van der Waals surface area contributed by atoms with Gasteiger partial charge in [-0.05, 0) is 53.0 Å². The summed E-state index contributed by atoms with van der Waals surface area (Å²) in [6.07, 6.45) is 2.26. The number of aryl methyl sites for hydroxylation is 1. The number of thiophene rings is 1. The van der Waals surface area contributed by atoms with Crippen molar-refractivity contribution >= 4 is 27.3 Å². The Labute approximate surface area is 121 Å². The molecule has 0 saturated carbocycles. The maximum absolute atomic E-state index is 3.57. The van der Waals surface area contributed by atoms with Crippen molar-refractivity contribution in [3.63, 3.8) is 0 Å². The summed E-state index contributed by atoms with van der Waals surface area (Å²) < 4.78 is 1.21. The first kappa shape index (κ1) is 13.8. The van der Waals surface area contributed by atoms with Crippen molar-refractivity contribution in [1.82, 2.24) is 5.32 Å². The van der Waals surface area contributed by atoms with Gasteiger partial charge in [-0.3, -0.25) is 0 Å². The van der Waals surface area contributed by atoms with Crippen LogP contribution in [0.15, 0.2) is 46.3 Å². The Morgan fingerprint density at radius 3 is 2.56 bits per heavy atom. The molecule has 0 radical (unpaired) electrons. The smallest absolute Gasteiger partial charge is 0.0701 e. The summed E-state index contributed by atoms with van der Waals surface area (Å²) >= 11 is 5.36. The van der Waals surface area contributed by atoms with Crippen LogP contribution in [0.4, 0.5) is 0 Å². The average molecular weight is 324 g/mol. The SMILES string of the molecule is CCNC(CCc1ccccc1)c1ccc(Br)s1. The third kappa shape index (κ3) is 3.94. The molecule has 1 aromatic carbocycles. The first-order valence-corrected chi connectivity index (χ1v) is 7.93. The molecule has 1 N–H and O–H groups in total. The third-order valence-corrected chi connectivity index (χ3v) is 4.69. The van der Waals surface area contributed by atoms with Crippen molar-refractivity contribution in [1.29, 1.82) is 0 Å². The lowest BCUT2D eigenvalue weighted by Crippen LogP contribution is -2.20. The summed E-state index contributed by atoms with van der Waals surface area (Å²) in [6, 6.07) is 15.5. The number of hydrogen-bond acceptors (Lipinski definition) is 2. The zero-order valence-electron chi connectivity index (χ0n) is 10.5. The molecular weight excluding hydrogens is 306 g/mol. The Bertz CT molecular complexity index is 466. The molecule has 0 bridgehead atoms. The number of halogens is 1. The first-order chi connectivity index (χ1) is 8.79. The quantitative estimate of drug-likeness (QED) is 0.805. The highest BCUT2D eigenvalue weighted by atomic mass is 79.9. The molecular formula is C15H18BrNS. The normalized spacial score (nSPS) is 12.6. The van der Waals surface area contributed by atoms with Gasteiger partial charge in [0.25, 0.3) is 0 Å². The number of benzene rings is 1. The maximum atomic E-state index is 3.57. The highest BCUT2D eigenvalue weighted by Gasteiger charge is 2.12. The molecule has 1 aromatic heterocycles. The average Bonchev–Trinajstić information content (AvgIpc) is 2.82. The van der Waals surface area contributed by atoms with E-state index in [4.69, 9.17) is 0 Å². The molecule has 0 aliphatic rings. The van der Waals surface area contributed by atoms with Gasteiger partial charge in [0.2, 0.25) is 0 Å². The summed E-state index contributed by atoms with van der Waals surface area (Å²) in [7, 11) is 0. The Morgan fingerprint density at radius 1 is 1.17 bits per heavy atom. The Morgan fingerprint density at radius 2 is 1.94 bits per heavy atom. The van der Waals surface area contributed by atoms with Crippen LogP contribution in [0.25, 0.3) is 0 Å². The van der Waals surface area contributed by atoms with Crippen molar-refractivity contribution < 1.29 is 0 Å². The molecule has 2 aromatic rings. The monoisotopic (exact) mass is 323 g/mol. The zero-order valence-corrected chi connectivity index (χ0v) is 12.9. The Balaban J connectivity index is 1.98. The van der Waals surface area contributed by atoms with Gasteiger partial charge in [-0.1, -0.05) is 37.3 Å². The second-order valence-corrected chi connectivity index (χ2v) is 6.77. The van der Waals surface area contributed by atoms with Gasteiger partial charge >= 0.3 is 0 Å². The largest absolute Gasteiger partial charge is 0.310 e. The minimum atomic E-state index is 0.464. The van der Waals surface area contributed by atoms with Gasteiger partial charge in [0, 0.05) is 10.9 Å². The minimum absolute atomic E-state index is 0.464. The van der Waals surface area contributed by atoms with Crippen LogP contribution in [0, 0.1) is 0 Å². The van der Waals surface area contributed by atoms with Crippen molar-refractivity contribution in [2.24, 2.45) is 0 Å². The lowest BCUT2D eigenvalue weighted by Gasteiger charge is -2.16. The van der Waals surface area contributed by atoms with Crippen LogP contribution < -0.4 is 5.32 Å². The molecule has 1 heterocycles. The number of rotatable bonds is 6. The summed E-state index contributed by atoms with van der Waals surface area (Å²) in [4.78, 5) is 1.42. The fourth-order valence-electron chi connectivity index (χ4n) is 2.06. The molecule has 2 rings (SSSR count). The predicted molar refractivity (Wildman–Crippen MR) is 83.2 cm³/mol. The van der Waals surface area contributed by atoms with Crippen LogP contribution in [0.3, 0.4) is 0 Å². The van der Waals surface area contributed by atoms with Crippen molar-refractivity contribution in [2.75, 3.05) is 6.54 Å². The lowest BCUT2D eigenvalue weighted by molar-refractivity contribution is 0.523. The lowest BCUT2D eigenvalue weighted by atomic mass is 10.0. The highest BCUT2D eigenvalue weighted by molar-refractivity contribution is 9.11. The maximum Gasteiger partial charge on any atom is 0.0701 e. The van der Waals surface area contributed by atoms with Gasteiger partial charge < -0.3 is 5.32 Å². The summed E-state index contributed by atoms with van der Waals surface area (Å²) in [5, 5.41) is 3.57. The van der Waals surface area contributed by atoms with Crippen molar-refractivity contribution in [3.05, 3.63) is 56.7 Å². The second kappa shape index (κ2) is 7.07. The summed E-state index contributed by atoms with van der Waals surface area (Å²) in [6.45, 7) is 3.17. The van der Waals surface area contributed by atoms with Gasteiger partial charge in [-0.15, -0.1) is 11.3 Å². The van der Waals surface area contributed by atoms with E-state index in [0.29, 0.717) is 6.04 Å². The standard InChI is InChI=1S/C15H18BrNS/c1-2-17-13(14-10-11-15(16)18-14)9-8-12-6-4-3-5-7-12/h3-7,10-11,13,17H,2,8-9H2,1H3. The highest BCUT2D eigenvalue weighted by Crippen LogP contribution is 2.29. The van der Waals surface area contributed by atoms with E-state index in [0.717, 1.165) is 19.4 Å². The summed E-state index contributed by atoms with van der Waals surface area (Å²) in [5.74, 6) is 0. The molecule has 0 saturated heterocycles. The molecule has 1 unspecified atom stereocenters. The molecule has 3 heteroatoms. The molecule has 0 aliphatic carbocycles. The molecule has 0 amide bonds. The molecule has 0 fully saturated rings. The minimum Gasteiger partial charge on any atom is -0.310 e. The summed E-state index contributed by atoms with van der Waals surface area (Å²) in [5.41, 5.74) is 1.41. The van der Waals surface area contributed by atoms with Crippen LogP contribution in [0.5, 0.6) is 0 Å². The Kier molecular flexibility index (Phi) is 5.42. The van der Waals surface area contributed by atoms with Crippen LogP contribution in [0.2, 0.25) is 0 Å². The van der Waals surface area contributed by atoms with Gasteiger partial charge in [0.15, 0.2) is 0 Å². The first-order valence-electron chi connectivity index (χ1n) is 6.32. The van der Waals surface area contributed by atoms with E-state index in [1.165, 1.54) is 14.2 Å². The fourth-order valence-corrected chi connectivity index (χ4v) is 3.60. The predicted octanol–water partition coefficient (Wildman–Crippen LogP) is 4.79. The Hall–Kier alpha value is -0.640. The number of hydrogen-bond donors (Lipinski definition) is 1. The molecule has 18 heavy (non-hydrogen) atoms. The topological polar surface area (TPSA) is 12.0 Å². The van der Waals surface area contributed by atoms with Crippen LogP contribution in [-0.4, -0.2) is 6.54 Å². The molecule has 0 spiro atoms. The van der Waals surface area contributed by atoms with Crippen LogP contribution in [0.1, 0.15) is 29.8 Å². The molecule has 0 aliphatic heterocycles. The molecule has 1 atom stereocenters. The third-order valence-electron chi connectivity index (χ3n) is 2.95. The van der Waals surface area contributed by atoms with E-state index in [9.17, 15) is 0 Å². The van der Waals surface area contributed by atoms with E-state index in [2.05, 4.69) is 70.6 Å². The van der Waals surface area contributed by atoms with E-state index < -0.39 is 0 Å². The van der Waals surface area contributed by atoms with E-state index in [-0.39, 0.29) is 0 Å². The van der Waals surface area contributed by atoms with Gasteiger partial charge in [0.1, 0.15) is 0 Å². The number of nitrogens with one attached hydrogen (secondary N) is 1. The van der Waals surface area contributed by atoms with Crippen molar-refractivity contribution in [3.8, 4) is 0 Å². The second-order valence-electron chi connectivity index (χ2n) is 4.28. The van der Waals surface area contributed by atoms with Crippen molar-refractivity contribution in [2.45, 2.75) is 25.8 Å². The van der Waals surface area contributed by atoms with Crippen LogP contribution in [-0.2, 0) is 6.42 Å². The van der Waals surface area contributed by atoms with Gasteiger partial charge in [-0.2, -0.15) is 0 Å². The fraction of sp³-hybridized carbons (Fsp3) is 0.333. The molecule has 1 nitrogen and oxygen atoms in total. The van der Waals surface area contributed by atoms with Crippen LogP contribution >= 0.6 is 27.3 Å². The zero-order chi connectivity index (χ0) is 12.8. The van der Waals surface area contributed by atoms with E-state index >= 15 is 0 Å². The van der Waals surface area contributed by atoms with E-state index in [1.54, 1.807) is 0 Å². The molecule has 96 valence electrons.